The molecule has 0 spiro atoms. The lowest BCUT2D eigenvalue weighted by Crippen LogP contribution is -2.44. The van der Waals surface area contributed by atoms with Gasteiger partial charge in [0, 0.05) is 17.7 Å². The molecule has 7 heteroatoms. The third-order valence-corrected chi connectivity index (χ3v) is 3.80. The van der Waals surface area contributed by atoms with E-state index in [9.17, 15) is 14.4 Å². The van der Waals surface area contributed by atoms with Crippen LogP contribution in [0.4, 0.5) is 10.5 Å². The Hall–Kier alpha value is -3.79. The molecule has 4 N–H and O–H groups in total. The first-order valence-corrected chi connectivity index (χ1v) is 8.61. The average molecular weight is 379 g/mol. The zero-order valence-corrected chi connectivity index (χ0v) is 15.2. The van der Waals surface area contributed by atoms with Crippen LogP contribution >= 0.6 is 0 Å². The summed E-state index contributed by atoms with van der Waals surface area (Å²) in [7, 11) is 0. The first kappa shape index (κ1) is 20.5. The summed E-state index contributed by atoms with van der Waals surface area (Å²) in [6.07, 6.45) is 4.55. The number of nitrogens with two attached hydrogens (primary N) is 1. The standard InChI is InChI=1S/C21H21N3O4/c1-2-15-9-6-10-17(13-15)23-20(26)18(11-12-19(22)25)24-21(27)28-14-16-7-4-3-5-8-16/h1,3-10,13,18H,11-12,14H2,(H2,22,25)(H,23,26)(H,24,27)/t18-/m0/s1. The molecule has 0 unspecified atom stereocenters. The van der Waals surface area contributed by atoms with Crippen molar-refractivity contribution in [2.75, 3.05) is 5.32 Å². The number of ether oxygens (including phenoxy) is 1. The molecule has 28 heavy (non-hydrogen) atoms. The molecule has 3 amide bonds. The molecule has 2 aromatic carbocycles. The summed E-state index contributed by atoms with van der Waals surface area (Å²) in [6.45, 7) is 0.0566. The molecular weight excluding hydrogens is 358 g/mol. The number of anilines is 1. The number of primary amides is 1. The van der Waals surface area contributed by atoms with E-state index in [1.54, 1.807) is 24.3 Å². The largest absolute Gasteiger partial charge is 0.445 e. The molecule has 2 rings (SSSR count). The second kappa shape index (κ2) is 10.4. The number of terminal acetylenes is 1. The summed E-state index contributed by atoms with van der Waals surface area (Å²) in [6, 6.07) is 14.8. The molecule has 0 bridgehead atoms. The molecule has 0 aromatic heterocycles. The van der Waals surface area contributed by atoms with Crippen molar-refractivity contribution >= 4 is 23.6 Å². The fourth-order valence-electron chi connectivity index (χ4n) is 2.38. The fraction of sp³-hybridized carbons (Fsp3) is 0.190. The number of amides is 3. The molecule has 0 fully saturated rings. The third-order valence-electron chi connectivity index (χ3n) is 3.80. The fourth-order valence-corrected chi connectivity index (χ4v) is 2.38. The van der Waals surface area contributed by atoms with Crippen molar-refractivity contribution in [3.8, 4) is 12.3 Å². The van der Waals surface area contributed by atoms with Crippen LogP contribution in [-0.4, -0.2) is 23.9 Å². The minimum atomic E-state index is -0.995. The van der Waals surface area contributed by atoms with Crippen molar-refractivity contribution in [2.45, 2.75) is 25.5 Å². The van der Waals surface area contributed by atoms with E-state index in [1.165, 1.54) is 0 Å². The van der Waals surface area contributed by atoms with E-state index >= 15 is 0 Å². The van der Waals surface area contributed by atoms with Gasteiger partial charge in [-0.1, -0.05) is 42.3 Å². The van der Waals surface area contributed by atoms with Crippen molar-refractivity contribution in [1.29, 1.82) is 0 Å². The highest BCUT2D eigenvalue weighted by atomic mass is 16.5. The maximum absolute atomic E-state index is 12.5. The molecule has 144 valence electrons. The number of carbonyl (C=O) groups is 3. The first-order chi connectivity index (χ1) is 13.5. The Morgan fingerprint density at radius 2 is 1.86 bits per heavy atom. The smallest absolute Gasteiger partial charge is 0.408 e. The van der Waals surface area contributed by atoms with Crippen LogP contribution in [0, 0.1) is 12.3 Å². The van der Waals surface area contributed by atoms with E-state index < -0.39 is 23.9 Å². The molecule has 1 atom stereocenters. The Kier molecular flexibility index (Phi) is 7.61. The Bertz CT molecular complexity index is 875. The van der Waals surface area contributed by atoms with Gasteiger partial charge in [-0.2, -0.15) is 0 Å². The third kappa shape index (κ3) is 6.84. The molecule has 0 aliphatic heterocycles. The second-order valence-corrected chi connectivity index (χ2v) is 5.98. The van der Waals surface area contributed by atoms with E-state index in [-0.39, 0.29) is 19.4 Å². The van der Waals surface area contributed by atoms with Crippen LogP contribution in [0.2, 0.25) is 0 Å². The monoisotopic (exact) mass is 379 g/mol. The number of nitrogens with one attached hydrogen (secondary N) is 2. The quantitative estimate of drug-likeness (QED) is 0.611. The van der Waals surface area contributed by atoms with Crippen LogP contribution in [0.1, 0.15) is 24.0 Å². The highest BCUT2D eigenvalue weighted by molar-refractivity contribution is 5.97. The zero-order chi connectivity index (χ0) is 20.4. The number of rotatable bonds is 8. The Labute approximate surface area is 163 Å². The predicted octanol–water partition coefficient (Wildman–Crippen LogP) is 2.17. The number of alkyl carbamates (subject to hydrolysis) is 1. The zero-order valence-electron chi connectivity index (χ0n) is 15.2. The van der Waals surface area contributed by atoms with Crippen molar-refractivity contribution < 1.29 is 19.1 Å². The van der Waals surface area contributed by atoms with Crippen molar-refractivity contribution in [3.05, 3.63) is 65.7 Å². The van der Waals surface area contributed by atoms with Gasteiger partial charge in [-0.3, -0.25) is 9.59 Å². The Morgan fingerprint density at radius 1 is 1.11 bits per heavy atom. The van der Waals surface area contributed by atoms with Crippen molar-refractivity contribution in [3.63, 3.8) is 0 Å². The molecule has 0 saturated heterocycles. The van der Waals surface area contributed by atoms with Gasteiger partial charge in [0.05, 0.1) is 0 Å². The van der Waals surface area contributed by atoms with Crippen LogP contribution < -0.4 is 16.4 Å². The maximum atomic E-state index is 12.5. The summed E-state index contributed by atoms with van der Waals surface area (Å²) in [5.41, 5.74) is 7.04. The normalized spacial score (nSPS) is 11.0. The maximum Gasteiger partial charge on any atom is 0.408 e. The molecule has 0 heterocycles. The van der Waals surface area contributed by atoms with E-state index in [0.717, 1.165) is 5.56 Å². The number of carbonyl (C=O) groups excluding carboxylic acids is 3. The van der Waals surface area contributed by atoms with Crippen molar-refractivity contribution in [1.82, 2.24) is 5.32 Å². The molecule has 2 aromatic rings. The molecule has 7 nitrogen and oxygen atoms in total. The topological polar surface area (TPSA) is 111 Å². The van der Waals surface area contributed by atoms with Gasteiger partial charge in [0.25, 0.3) is 0 Å². The van der Waals surface area contributed by atoms with Gasteiger partial charge in [-0.15, -0.1) is 6.42 Å². The molecule has 0 aliphatic carbocycles. The lowest BCUT2D eigenvalue weighted by molar-refractivity contribution is -0.119. The van der Waals surface area contributed by atoms with Gasteiger partial charge < -0.3 is 21.1 Å². The SMILES string of the molecule is C#Cc1cccc(NC(=O)[C@H](CCC(N)=O)NC(=O)OCc2ccccc2)c1. The lowest BCUT2D eigenvalue weighted by Gasteiger charge is -2.18. The predicted molar refractivity (Wildman–Crippen MR) is 105 cm³/mol. The molecule has 0 saturated carbocycles. The number of hydrogen-bond acceptors (Lipinski definition) is 4. The van der Waals surface area contributed by atoms with Crippen LogP contribution in [0.15, 0.2) is 54.6 Å². The van der Waals surface area contributed by atoms with Gasteiger partial charge >= 0.3 is 6.09 Å². The average Bonchev–Trinajstić information content (AvgIpc) is 2.70. The van der Waals surface area contributed by atoms with E-state index in [2.05, 4.69) is 16.6 Å². The van der Waals surface area contributed by atoms with Crippen LogP contribution in [-0.2, 0) is 20.9 Å². The highest BCUT2D eigenvalue weighted by Crippen LogP contribution is 2.11. The molecule has 0 radical (unpaired) electrons. The summed E-state index contributed by atoms with van der Waals surface area (Å²) < 4.78 is 5.13. The van der Waals surface area contributed by atoms with Gasteiger partial charge in [0.1, 0.15) is 12.6 Å². The molecule has 0 aliphatic rings. The van der Waals surface area contributed by atoms with Gasteiger partial charge in [-0.05, 0) is 30.2 Å². The summed E-state index contributed by atoms with van der Waals surface area (Å²) in [4.78, 5) is 35.7. The van der Waals surface area contributed by atoms with Crippen LogP contribution in [0.5, 0.6) is 0 Å². The van der Waals surface area contributed by atoms with Crippen LogP contribution in [0.25, 0.3) is 0 Å². The summed E-state index contributed by atoms with van der Waals surface area (Å²) in [5.74, 6) is 1.39. The van der Waals surface area contributed by atoms with Gasteiger partial charge in [-0.25, -0.2) is 4.79 Å². The molecular formula is C21H21N3O4. The van der Waals surface area contributed by atoms with E-state index in [1.807, 2.05) is 30.3 Å². The number of benzene rings is 2. The minimum Gasteiger partial charge on any atom is -0.445 e. The van der Waals surface area contributed by atoms with Gasteiger partial charge in [0.2, 0.25) is 11.8 Å². The lowest BCUT2D eigenvalue weighted by atomic mass is 10.1. The second-order valence-electron chi connectivity index (χ2n) is 5.98. The van der Waals surface area contributed by atoms with Crippen molar-refractivity contribution in [2.24, 2.45) is 5.73 Å². The van der Waals surface area contributed by atoms with E-state index in [0.29, 0.717) is 11.3 Å². The summed E-state index contributed by atoms with van der Waals surface area (Å²) in [5, 5.41) is 5.13. The van der Waals surface area contributed by atoms with Gasteiger partial charge in [0.15, 0.2) is 0 Å². The van der Waals surface area contributed by atoms with Crippen LogP contribution in [0.3, 0.4) is 0 Å². The summed E-state index contributed by atoms with van der Waals surface area (Å²) >= 11 is 0. The number of hydrogen-bond donors (Lipinski definition) is 3. The first-order valence-electron chi connectivity index (χ1n) is 8.61. The Balaban J connectivity index is 1.99. The minimum absolute atomic E-state index is 0.0381. The van der Waals surface area contributed by atoms with E-state index in [4.69, 9.17) is 16.9 Å². The Morgan fingerprint density at radius 3 is 2.54 bits per heavy atom. The highest BCUT2D eigenvalue weighted by Gasteiger charge is 2.22.